The van der Waals surface area contributed by atoms with Crippen LogP contribution in [0.15, 0.2) is 36.7 Å². The van der Waals surface area contributed by atoms with Gasteiger partial charge in [0.1, 0.15) is 5.75 Å². The van der Waals surface area contributed by atoms with Gasteiger partial charge in [0.15, 0.2) is 0 Å². The molecule has 0 radical (unpaired) electrons. The van der Waals surface area contributed by atoms with Crippen LogP contribution in [0.4, 0.5) is 0 Å². The van der Waals surface area contributed by atoms with Gasteiger partial charge in [-0.3, -0.25) is 4.68 Å². The number of benzene rings is 1. The molecule has 0 saturated heterocycles. The van der Waals surface area contributed by atoms with Crippen LogP contribution >= 0.6 is 0 Å². The van der Waals surface area contributed by atoms with Crippen molar-refractivity contribution in [2.24, 2.45) is 12.8 Å². The minimum atomic E-state index is -0.0117. The highest BCUT2D eigenvalue weighted by Crippen LogP contribution is 2.17. The number of aryl methyl sites for hydroxylation is 1. The van der Waals surface area contributed by atoms with E-state index in [0.717, 1.165) is 24.4 Å². The Balaban J connectivity index is 1.89. The number of hydrogen-bond acceptors (Lipinski definition) is 4. The summed E-state index contributed by atoms with van der Waals surface area (Å²) in [5.41, 5.74) is 8.59. The van der Waals surface area contributed by atoms with Gasteiger partial charge < -0.3 is 15.4 Å². The van der Waals surface area contributed by atoms with Crippen molar-refractivity contribution in [1.29, 1.82) is 0 Å². The van der Waals surface area contributed by atoms with E-state index < -0.39 is 0 Å². The summed E-state index contributed by atoms with van der Waals surface area (Å²) in [6.07, 6.45) is 3.91. The first-order chi connectivity index (χ1) is 10.1. The van der Waals surface area contributed by atoms with Gasteiger partial charge in [-0.2, -0.15) is 5.10 Å². The maximum absolute atomic E-state index is 6.28. The van der Waals surface area contributed by atoms with Crippen LogP contribution in [0.25, 0.3) is 0 Å². The second-order valence-corrected chi connectivity index (χ2v) is 5.33. The van der Waals surface area contributed by atoms with Crippen LogP contribution in [0.2, 0.25) is 0 Å². The number of ether oxygens (including phenoxy) is 1. The fourth-order valence-corrected chi connectivity index (χ4v) is 2.35. The highest BCUT2D eigenvalue weighted by Gasteiger charge is 2.10. The molecule has 1 aromatic carbocycles. The Hall–Kier alpha value is -1.85. The number of likely N-dealkylation sites (N-methyl/N-ethyl adjacent to an activating group) is 1. The van der Waals surface area contributed by atoms with Crippen molar-refractivity contribution in [2.45, 2.75) is 19.5 Å². The summed E-state index contributed by atoms with van der Waals surface area (Å²) >= 11 is 0. The molecule has 1 heterocycles. The van der Waals surface area contributed by atoms with E-state index >= 15 is 0 Å². The lowest BCUT2D eigenvalue weighted by Gasteiger charge is -2.21. The van der Waals surface area contributed by atoms with Gasteiger partial charge in [0.2, 0.25) is 0 Å². The Kier molecular flexibility index (Phi) is 5.36. The van der Waals surface area contributed by atoms with E-state index in [1.807, 2.05) is 55.3 Å². The maximum atomic E-state index is 6.28. The highest BCUT2D eigenvalue weighted by atomic mass is 16.5. The Labute approximate surface area is 126 Å². The number of nitrogens with two attached hydrogens (primary N) is 1. The van der Waals surface area contributed by atoms with Crippen LogP contribution in [0.3, 0.4) is 0 Å². The molecule has 5 heteroatoms. The molecule has 0 fully saturated rings. The molecule has 2 aromatic rings. The van der Waals surface area contributed by atoms with E-state index in [4.69, 9.17) is 10.5 Å². The summed E-state index contributed by atoms with van der Waals surface area (Å²) in [4.78, 5) is 2.21. The smallest absolute Gasteiger partial charge is 0.119 e. The predicted octanol–water partition coefficient (Wildman–Crippen LogP) is 1.95. The van der Waals surface area contributed by atoms with Crippen LogP contribution in [0.5, 0.6) is 5.75 Å². The van der Waals surface area contributed by atoms with Crippen molar-refractivity contribution in [3.63, 3.8) is 0 Å². The third kappa shape index (κ3) is 4.58. The number of hydrogen-bond donors (Lipinski definition) is 1. The van der Waals surface area contributed by atoms with Crippen LogP contribution in [0, 0.1) is 0 Å². The van der Waals surface area contributed by atoms with Crippen molar-refractivity contribution in [2.75, 3.05) is 20.2 Å². The van der Waals surface area contributed by atoms with Gasteiger partial charge in [0.25, 0.3) is 0 Å². The average molecular weight is 288 g/mol. The first kappa shape index (κ1) is 15.5. The standard InChI is InChI=1S/C16H24N4O/c1-4-21-15-7-5-14(6-8-15)16(17)12-19(2)10-13-9-18-20(3)11-13/h5-9,11,16H,4,10,12,17H2,1-3H3. The van der Waals surface area contributed by atoms with Crippen molar-refractivity contribution in [1.82, 2.24) is 14.7 Å². The summed E-state index contributed by atoms with van der Waals surface area (Å²) in [5.74, 6) is 0.886. The maximum Gasteiger partial charge on any atom is 0.119 e. The zero-order valence-electron chi connectivity index (χ0n) is 13.0. The molecule has 0 amide bonds. The highest BCUT2D eigenvalue weighted by molar-refractivity contribution is 5.29. The molecule has 1 unspecified atom stereocenters. The molecule has 5 nitrogen and oxygen atoms in total. The fraction of sp³-hybridized carbons (Fsp3) is 0.438. The van der Waals surface area contributed by atoms with Crippen LogP contribution in [0.1, 0.15) is 24.1 Å². The quantitative estimate of drug-likeness (QED) is 0.846. The monoisotopic (exact) mass is 288 g/mol. The largest absolute Gasteiger partial charge is 0.494 e. The molecule has 0 bridgehead atoms. The van der Waals surface area contributed by atoms with Crippen LogP contribution in [-0.4, -0.2) is 34.9 Å². The molecular formula is C16H24N4O. The summed E-state index contributed by atoms with van der Waals surface area (Å²) in [7, 11) is 4.00. The molecule has 0 aliphatic heterocycles. The number of nitrogens with zero attached hydrogens (tertiary/aromatic N) is 3. The summed E-state index contributed by atoms with van der Waals surface area (Å²) < 4.78 is 7.26. The summed E-state index contributed by atoms with van der Waals surface area (Å²) in [6, 6.07) is 8.00. The lowest BCUT2D eigenvalue weighted by molar-refractivity contribution is 0.305. The lowest BCUT2D eigenvalue weighted by atomic mass is 10.1. The Morgan fingerprint density at radius 1 is 1.33 bits per heavy atom. The molecule has 2 rings (SSSR count). The molecule has 0 aliphatic rings. The number of aromatic nitrogens is 2. The molecule has 21 heavy (non-hydrogen) atoms. The zero-order chi connectivity index (χ0) is 15.2. The van der Waals surface area contributed by atoms with Gasteiger partial charge in [-0.15, -0.1) is 0 Å². The van der Waals surface area contributed by atoms with Crippen LogP contribution in [-0.2, 0) is 13.6 Å². The topological polar surface area (TPSA) is 56.3 Å². The van der Waals surface area contributed by atoms with Crippen LogP contribution < -0.4 is 10.5 Å². The average Bonchev–Trinajstić information content (AvgIpc) is 2.85. The molecule has 2 N–H and O–H groups in total. The summed E-state index contributed by atoms with van der Waals surface area (Å²) in [6.45, 7) is 4.30. The normalized spacial score (nSPS) is 12.6. The summed E-state index contributed by atoms with van der Waals surface area (Å²) in [5, 5.41) is 4.18. The minimum absolute atomic E-state index is 0.0117. The van der Waals surface area contributed by atoms with Crippen molar-refractivity contribution >= 4 is 0 Å². The van der Waals surface area contributed by atoms with E-state index in [1.54, 1.807) is 0 Å². The fourth-order valence-electron chi connectivity index (χ4n) is 2.35. The van der Waals surface area contributed by atoms with E-state index in [0.29, 0.717) is 6.61 Å². The SMILES string of the molecule is CCOc1ccc(C(N)CN(C)Cc2cnn(C)c2)cc1. The van der Waals surface area contributed by atoms with E-state index in [2.05, 4.69) is 17.0 Å². The van der Waals surface area contributed by atoms with Crippen molar-refractivity contribution in [3.05, 3.63) is 47.8 Å². The second-order valence-electron chi connectivity index (χ2n) is 5.33. The molecular weight excluding hydrogens is 264 g/mol. The Bertz CT molecular complexity index is 550. The molecule has 1 aromatic heterocycles. The number of rotatable bonds is 7. The molecule has 0 spiro atoms. The van der Waals surface area contributed by atoms with Gasteiger partial charge >= 0.3 is 0 Å². The van der Waals surface area contributed by atoms with Gasteiger partial charge in [-0.1, -0.05) is 12.1 Å². The lowest BCUT2D eigenvalue weighted by Crippen LogP contribution is -2.28. The first-order valence-electron chi connectivity index (χ1n) is 7.23. The minimum Gasteiger partial charge on any atom is -0.494 e. The second kappa shape index (κ2) is 7.24. The van der Waals surface area contributed by atoms with Crippen molar-refractivity contribution < 1.29 is 4.74 Å². The Morgan fingerprint density at radius 2 is 2.05 bits per heavy atom. The molecule has 1 atom stereocenters. The zero-order valence-corrected chi connectivity index (χ0v) is 13.0. The third-order valence-electron chi connectivity index (χ3n) is 3.34. The van der Waals surface area contributed by atoms with Gasteiger partial charge in [0, 0.05) is 37.9 Å². The van der Waals surface area contributed by atoms with Gasteiger partial charge in [0.05, 0.1) is 12.8 Å². The van der Waals surface area contributed by atoms with Gasteiger partial charge in [-0.05, 0) is 31.7 Å². The molecule has 0 saturated carbocycles. The van der Waals surface area contributed by atoms with E-state index in [-0.39, 0.29) is 6.04 Å². The Morgan fingerprint density at radius 3 is 2.62 bits per heavy atom. The first-order valence-corrected chi connectivity index (χ1v) is 7.23. The van der Waals surface area contributed by atoms with Gasteiger partial charge in [-0.25, -0.2) is 0 Å². The molecule has 114 valence electrons. The predicted molar refractivity (Wildman–Crippen MR) is 84.1 cm³/mol. The van der Waals surface area contributed by atoms with E-state index in [9.17, 15) is 0 Å². The third-order valence-corrected chi connectivity index (χ3v) is 3.34. The molecule has 0 aliphatic carbocycles. The van der Waals surface area contributed by atoms with E-state index in [1.165, 1.54) is 5.56 Å². The van der Waals surface area contributed by atoms with Crippen molar-refractivity contribution in [3.8, 4) is 5.75 Å².